The fourth-order valence-electron chi connectivity index (χ4n) is 2.80. The number of pyridine rings is 1. The molecule has 2 rings (SSSR count). The number of carbonyl (C=O) groups is 1. The molecule has 0 bridgehead atoms. The third-order valence-electron chi connectivity index (χ3n) is 3.64. The first kappa shape index (κ1) is 19.8. The minimum Gasteiger partial charge on any atom is -0.444 e. The number of ether oxygens (including phenoxy) is 1. The summed E-state index contributed by atoms with van der Waals surface area (Å²) >= 11 is 5.75. The summed E-state index contributed by atoms with van der Waals surface area (Å²) in [5, 5.41) is 2.51. The molecule has 5 nitrogen and oxygen atoms in total. The van der Waals surface area contributed by atoms with Gasteiger partial charge in [0.05, 0.1) is 11.9 Å². The van der Waals surface area contributed by atoms with E-state index in [1.54, 1.807) is 20.8 Å². The average molecular weight is 380 g/mol. The summed E-state index contributed by atoms with van der Waals surface area (Å²) in [4.78, 5) is 16.9. The van der Waals surface area contributed by atoms with Crippen molar-refractivity contribution in [2.45, 2.75) is 57.6 Å². The molecule has 2 atom stereocenters. The van der Waals surface area contributed by atoms with Crippen LogP contribution in [0.5, 0.6) is 0 Å². The molecule has 0 spiro atoms. The van der Waals surface area contributed by atoms with Crippen LogP contribution in [0.3, 0.4) is 0 Å². The van der Waals surface area contributed by atoms with Crippen molar-refractivity contribution in [1.29, 1.82) is 0 Å². The van der Waals surface area contributed by atoms with Gasteiger partial charge in [-0.15, -0.1) is 0 Å². The molecule has 1 fully saturated rings. The quantitative estimate of drug-likeness (QED) is 0.796. The van der Waals surface area contributed by atoms with E-state index < -0.39 is 30.1 Å². The van der Waals surface area contributed by atoms with Crippen LogP contribution in [-0.4, -0.2) is 40.5 Å². The molecule has 140 valence electrons. The van der Waals surface area contributed by atoms with Gasteiger partial charge < -0.3 is 10.1 Å². The molecular weight excluding hydrogens is 359 g/mol. The van der Waals surface area contributed by atoms with Gasteiger partial charge in [0, 0.05) is 6.54 Å². The largest absolute Gasteiger partial charge is 0.444 e. The minimum absolute atomic E-state index is 0.0115. The fourth-order valence-corrected chi connectivity index (χ4v) is 2.97. The lowest BCUT2D eigenvalue weighted by Crippen LogP contribution is -2.50. The maximum atomic E-state index is 13.7. The zero-order valence-electron chi connectivity index (χ0n) is 14.2. The number of halogens is 4. The Bertz CT molecular complexity index is 619. The molecule has 2 heterocycles. The number of aromatic nitrogens is 1. The number of alkyl halides is 3. The standard InChI is InChI=1S/C16H21ClF3N3O2/c1-15(2,3)25-14(24)22-12-8-5-9-23(12)13(16(18,19)20)10-6-4-7-11(17)21-10/h4,6-7,12-13H,5,8-9H2,1-3H3,(H,22,24)/t12-,13+/m0/s1. The van der Waals surface area contributed by atoms with Gasteiger partial charge >= 0.3 is 12.3 Å². The molecule has 0 unspecified atom stereocenters. The van der Waals surface area contributed by atoms with Gasteiger partial charge in [-0.2, -0.15) is 13.2 Å². The van der Waals surface area contributed by atoms with Crippen molar-refractivity contribution in [2.24, 2.45) is 0 Å². The van der Waals surface area contributed by atoms with E-state index in [1.807, 2.05) is 0 Å². The van der Waals surface area contributed by atoms with E-state index in [0.29, 0.717) is 12.8 Å². The highest BCUT2D eigenvalue weighted by Gasteiger charge is 2.49. The Morgan fingerprint density at radius 1 is 1.40 bits per heavy atom. The monoisotopic (exact) mass is 379 g/mol. The highest BCUT2D eigenvalue weighted by molar-refractivity contribution is 6.29. The molecule has 9 heteroatoms. The summed E-state index contributed by atoms with van der Waals surface area (Å²) in [7, 11) is 0. The van der Waals surface area contributed by atoms with Crippen molar-refractivity contribution < 1.29 is 22.7 Å². The van der Waals surface area contributed by atoms with E-state index in [4.69, 9.17) is 16.3 Å². The molecule has 0 aliphatic carbocycles. The Labute approximate surface area is 149 Å². The van der Waals surface area contributed by atoms with E-state index in [2.05, 4.69) is 10.3 Å². The van der Waals surface area contributed by atoms with Gasteiger partial charge in [0.2, 0.25) is 0 Å². The van der Waals surface area contributed by atoms with Crippen LogP contribution in [-0.2, 0) is 4.74 Å². The van der Waals surface area contributed by atoms with Crippen LogP contribution in [0.2, 0.25) is 5.15 Å². The summed E-state index contributed by atoms with van der Waals surface area (Å²) < 4.78 is 46.3. The Morgan fingerprint density at radius 3 is 2.64 bits per heavy atom. The average Bonchev–Trinajstić information content (AvgIpc) is 2.83. The summed E-state index contributed by atoms with van der Waals surface area (Å²) in [5.74, 6) is 0. The van der Waals surface area contributed by atoms with Crippen molar-refractivity contribution in [2.75, 3.05) is 6.54 Å². The lowest BCUT2D eigenvalue weighted by Gasteiger charge is -2.34. The van der Waals surface area contributed by atoms with Crippen molar-refractivity contribution in [3.05, 3.63) is 29.0 Å². The lowest BCUT2D eigenvalue weighted by molar-refractivity contribution is -0.191. The first-order valence-corrected chi connectivity index (χ1v) is 8.29. The second-order valence-electron chi connectivity index (χ2n) is 6.87. The SMILES string of the molecule is CC(C)(C)OC(=O)N[C@@H]1CCCN1[C@H](c1cccc(Cl)n1)C(F)(F)F. The van der Waals surface area contributed by atoms with Crippen molar-refractivity contribution in [1.82, 2.24) is 15.2 Å². The van der Waals surface area contributed by atoms with Crippen molar-refractivity contribution in [3.8, 4) is 0 Å². The second-order valence-corrected chi connectivity index (χ2v) is 7.26. The molecule has 0 saturated carbocycles. The lowest BCUT2D eigenvalue weighted by atomic mass is 10.1. The summed E-state index contributed by atoms with van der Waals surface area (Å²) in [6.07, 6.45) is -5.18. The van der Waals surface area contributed by atoms with Crippen LogP contribution in [0.15, 0.2) is 18.2 Å². The van der Waals surface area contributed by atoms with Crippen molar-refractivity contribution in [3.63, 3.8) is 0 Å². The molecule has 1 aromatic heterocycles. The van der Waals surface area contributed by atoms with Gasteiger partial charge in [0.25, 0.3) is 0 Å². The number of rotatable bonds is 3. The fraction of sp³-hybridized carbons (Fsp3) is 0.625. The van der Waals surface area contributed by atoms with E-state index >= 15 is 0 Å². The second kappa shape index (κ2) is 7.37. The highest BCUT2D eigenvalue weighted by Crippen LogP contribution is 2.40. The topological polar surface area (TPSA) is 54.5 Å². The van der Waals surface area contributed by atoms with Gasteiger partial charge in [0.1, 0.15) is 10.8 Å². The number of hydrogen-bond acceptors (Lipinski definition) is 4. The van der Waals surface area contributed by atoms with Crippen LogP contribution in [0.4, 0.5) is 18.0 Å². The molecule has 25 heavy (non-hydrogen) atoms. The highest BCUT2D eigenvalue weighted by atomic mass is 35.5. The molecule has 0 radical (unpaired) electrons. The Balaban J connectivity index is 2.23. The third-order valence-corrected chi connectivity index (χ3v) is 3.85. The van der Waals surface area contributed by atoms with E-state index in [-0.39, 0.29) is 17.4 Å². The third kappa shape index (κ3) is 5.47. The molecule has 0 aromatic carbocycles. The van der Waals surface area contributed by atoms with E-state index in [1.165, 1.54) is 23.1 Å². The molecule has 1 N–H and O–H groups in total. The van der Waals surface area contributed by atoms with Crippen LogP contribution < -0.4 is 5.32 Å². The van der Waals surface area contributed by atoms with Gasteiger partial charge in [-0.3, -0.25) is 4.90 Å². The summed E-state index contributed by atoms with van der Waals surface area (Å²) in [6.45, 7) is 5.24. The van der Waals surface area contributed by atoms with E-state index in [0.717, 1.165) is 0 Å². The number of nitrogens with one attached hydrogen (secondary N) is 1. The van der Waals surface area contributed by atoms with Crippen molar-refractivity contribution >= 4 is 17.7 Å². The molecular formula is C16H21ClF3N3O2. The Kier molecular flexibility index (Phi) is 5.83. The zero-order chi connectivity index (χ0) is 18.8. The van der Waals surface area contributed by atoms with E-state index in [9.17, 15) is 18.0 Å². The number of alkyl carbamates (subject to hydrolysis) is 1. The molecule has 1 saturated heterocycles. The van der Waals surface area contributed by atoms with Crippen LogP contribution in [0, 0.1) is 0 Å². The maximum absolute atomic E-state index is 13.7. The number of amides is 1. The minimum atomic E-state index is -4.56. The predicted molar refractivity (Wildman–Crippen MR) is 87.1 cm³/mol. The van der Waals surface area contributed by atoms with Crippen LogP contribution in [0.1, 0.15) is 45.3 Å². The Morgan fingerprint density at radius 2 is 2.08 bits per heavy atom. The van der Waals surface area contributed by atoms with Gasteiger partial charge in [-0.05, 0) is 45.7 Å². The maximum Gasteiger partial charge on any atom is 0.409 e. The number of likely N-dealkylation sites (tertiary alicyclic amines) is 1. The summed E-state index contributed by atoms with van der Waals surface area (Å²) in [6, 6.07) is 2.18. The first-order valence-electron chi connectivity index (χ1n) is 7.92. The Hall–Kier alpha value is -1.54. The van der Waals surface area contributed by atoms with Crippen LogP contribution in [0.25, 0.3) is 0 Å². The number of carbonyl (C=O) groups excluding carboxylic acids is 1. The normalized spacial score (nSPS) is 20.4. The molecule has 1 aliphatic rings. The number of hydrogen-bond donors (Lipinski definition) is 1. The first-order chi connectivity index (χ1) is 11.5. The van der Waals surface area contributed by atoms with Gasteiger partial charge in [0.15, 0.2) is 6.04 Å². The predicted octanol–water partition coefficient (Wildman–Crippen LogP) is 4.29. The van der Waals surface area contributed by atoms with Gasteiger partial charge in [-0.1, -0.05) is 17.7 Å². The number of nitrogens with zero attached hydrogens (tertiary/aromatic N) is 2. The summed E-state index contributed by atoms with van der Waals surface area (Å²) in [5.41, 5.74) is -0.927. The molecule has 1 aromatic rings. The van der Waals surface area contributed by atoms with Crippen LogP contribution >= 0.6 is 11.6 Å². The molecule has 1 amide bonds. The smallest absolute Gasteiger partial charge is 0.409 e. The molecule has 1 aliphatic heterocycles. The zero-order valence-corrected chi connectivity index (χ0v) is 15.0. The van der Waals surface area contributed by atoms with Gasteiger partial charge in [-0.25, -0.2) is 9.78 Å².